The zero-order valence-electron chi connectivity index (χ0n) is 9.42. The van der Waals surface area contributed by atoms with Gasteiger partial charge in [-0.2, -0.15) is 0 Å². The Hall–Kier alpha value is -1.07. The molecule has 0 amide bonds. The Morgan fingerprint density at radius 1 is 1.35 bits per heavy atom. The van der Waals surface area contributed by atoms with E-state index in [1.165, 1.54) is 0 Å². The summed E-state index contributed by atoms with van der Waals surface area (Å²) in [5.41, 5.74) is 1.47. The van der Waals surface area contributed by atoms with Crippen molar-refractivity contribution >= 4 is 44.4 Å². The van der Waals surface area contributed by atoms with E-state index in [1.807, 2.05) is 6.92 Å². The van der Waals surface area contributed by atoms with E-state index in [1.54, 1.807) is 19.2 Å². The number of methoxy groups -OCH3 is 1. The molecule has 17 heavy (non-hydrogen) atoms. The van der Waals surface area contributed by atoms with Gasteiger partial charge in [0, 0.05) is 12.6 Å². The van der Waals surface area contributed by atoms with Gasteiger partial charge < -0.3 is 10.1 Å². The van der Waals surface area contributed by atoms with Gasteiger partial charge in [0.1, 0.15) is 10.4 Å². The molecule has 0 unspecified atom stereocenters. The van der Waals surface area contributed by atoms with Crippen LogP contribution in [0.5, 0.6) is 5.75 Å². The Labute approximate surface area is 112 Å². The Morgan fingerprint density at radius 2 is 2.06 bits per heavy atom. The first-order chi connectivity index (χ1) is 8.15. The second-order valence-corrected chi connectivity index (χ2v) is 4.53. The summed E-state index contributed by atoms with van der Waals surface area (Å²) in [6.07, 6.45) is 0. The van der Waals surface area contributed by atoms with Crippen LogP contribution in [-0.4, -0.2) is 23.6 Å². The lowest BCUT2D eigenvalue weighted by Gasteiger charge is -2.08. The average Bonchev–Trinajstić information content (AvgIpc) is 2.30. The monoisotopic (exact) mass is 315 g/mol. The summed E-state index contributed by atoms with van der Waals surface area (Å²) in [5, 5.41) is 3.65. The molecule has 0 aliphatic heterocycles. The summed E-state index contributed by atoms with van der Waals surface area (Å²) < 4.78 is 5.83. The van der Waals surface area contributed by atoms with Gasteiger partial charge in [-0.15, -0.1) is 0 Å². The number of nitrogens with zero attached hydrogens (tertiary/aromatic N) is 2. The molecule has 6 heteroatoms. The van der Waals surface area contributed by atoms with E-state index in [0.29, 0.717) is 21.2 Å². The maximum atomic E-state index is 6.03. The Morgan fingerprint density at radius 3 is 2.71 bits per heavy atom. The first kappa shape index (κ1) is 12.4. The quantitative estimate of drug-likeness (QED) is 0.941. The lowest BCUT2D eigenvalue weighted by atomic mass is 10.3. The van der Waals surface area contributed by atoms with Gasteiger partial charge in [-0.3, -0.25) is 0 Å². The lowest BCUT2D eigenvalue weighted by molar-refractivity contribution is 0.415. The van der Waals surface area contributed by atoms with Crippen LogP contribution in [0.2, 0.25) is 5.02 Å². The van der Waals surface area contributed by atoms with Gasteiger partial charge >= 0.3 is 0 Å². The van der Waals surface area contributed by atoms with Gasteiger partial charge in [0.05, 0.1) is 23.2 Å². The summed E-state index contributed by atoms with van der Waals surface area (Å²) in [4.78, 5) is 8.84. The molecular formula is C11H11BrClN3O. The average molecular weight is 317 g/mol. The Bertz CT molecular complexity index is 562. The van der Waals surface area contributed by atoms with E-state index >= 15 is 0 Å². The third-order valence-electron chi connectivity index (χ3n) is 2.24. The molecule has 0 fully saturated rings. The normalized spacial score (nSPS) is 10.6. The fraction of sp³-hybridized carbons (Fsp3) is 0.273. The standard InChI is InChI=1S/C11H11BrClN3O/c1-3-14-11-10(12)15-7-4-6(13)9(17-2)5-8(7)16-11/h4-5H,3H2,1-2H3,(H,14,16). The van der Waals surface area contributed by atoms with Crippen molar-refractivity contribution in [1.82, 2.24) is 9.97 Å². The molecule has 1 aromatic heterocycles. The fourth-order valence-electron chi connectivity index (χ4n) is 1.47. The minimum Gasteiger partial charge on any atom is -0.495 e. The number of aromatic nitrogens is 2. The lowest BCUT2D eigenvalue weighted by Crippen LogP contribution is -2.02. The second kappa shape index (κ2) is 5.06. The molecule has 0 bridgehead atoms. The van der Waals surface area contributed by atoms with Crippen molar-refractivity contribution in [3.8, 4) is 5.75 Å². The molecule has 0 spiro atoms. The minimum atomic E-state index is 0.525. The van der Waals surface area contributed by atoms with Gasteiger partial charge in [0.25, 0.3) is 0 Å². The molecule has 2 aromatic rings. The van der Waals surface area contributed by atoms with Crippen molar-refractivity contribution in [3.05, 3.63) is 21.8 Å². The number of hydrogen-bond acceptors (Lipinski definition) is 4. The third kappa shape index (κ3) is 2.45. The number of halogens is 2. The van der Waals surface area contributed by atoms with Crippen LogP contribution >= 0.6 is 27.5 Å². The van der Waals surface area contributed by atoms with Crippen molar-refractivity contribution < 1.29 is 4.74 Å². The van der Waals surface area contributed by atoms with Crippen molar-refractivity contribution in [2.24, 2.45) is 0 Å². The number of nitrogens with one attached hydrogen (secondary N) is 1. The van der Waals surface area contributed by atoms with Crippen molar-refractivity contribution in [3.63, 3.8) is 0 Å². The maximum absolute atomic E-state index is 6.03. The molecule has 1 aromatic carbocycles. The summed E-state index contributed by atoms with van der Waals surface area (Å²) in [6, 6.07) is 3.52. The molecule has 0 radical (unpaired) electrons. The summed E-state index contributed by atoms with van der Waals surface area (Å²) in [6.45, 7) is 2.78. The van der Waals surface area contributed by atoms with Gasteiger partial charge in [0.2, 0.25) is 0 Å². The largest absolute Gasteiger partial charge is 0.495 e. The summed E-state index contributed by atoms with van der Waals surface area (Å²) in [5.74, 6) is 1.31. The molecule has 2 rings (SSSR count). The number of rotatable bonds is 3. The van der Waals surface area contributed by atoms with E-state index in [-0.39, 0.29) is 0 Å². The predicted molar refractivity (Wildman–Crippen MR) is 73.0 cm³/mol. The number of benzene rings is 1. The minimum absolute atomic E-state index is 0.525. The van der Waals surface area contributed by atoms with E-state index in [9.17, 15) is 0 Å². The van der Waals surface area contributed by atoms with Crippen LogP contribution in [0.4, 0.5) is 5.82 Å². The van der Waals surface area contributed by atoms with Gasteiger partial charge in [0.15, 0.2) is 5.82 Å². The molecule has 0 saturated carbocycles. The fourth-order valence-corrected chi connectivity index (χ4v) is 2.13. The SMILES string of the molecule is CCNc1nc2cc(OC)c(Cl)cc2nc1Br. The first-order valence-corrected chi connectivity index (χ1v) is 6.27. The topological polar surface area (TPSA) is 47.0 Å². The smallest absolute Gasteiger partial charge is 0.159 e. The second-order valence-electron chi connectivity index (χ2n) is 3.37. The number of fused-ring (bicyclic) bond motifs is 1. The highest BCUT2D eigenvalue weighted by molar-refractivity contribution is 9.10. The molecular weight excluding hydrogens is 305 g/mol. The molecule has 0 aliphatic carbocycles. The molecule has 4 nitrogen and oxygen atoms in total. The summed E-state index contributed by atoms with van der Waals surface area (Å²) in [7, 11) is 1.57. The number of ether oxygens (including phenoxy) is 1. The highest BCUT2D eigenvalue weighted by Gasteiger charge is 2.09. The van der Waals surface area contributed by atoms with Crippen molar-refractivity contribution in [2.75, 3.05) is 19.0 Å². The third-order valence-corrected chi connectivity index (χ3v) is 3.09. The van der Waals surface area contributed by atoms with Crippen LogP contribution in [0.1, 0.15) is 6.92 Å². The van der Waals surface area contributed by atoms with Gasteiger partial charge in [-0.05, 0) is 28.9 Å². The van der Waals surface area contributed by atoms with E-state index < -0.39 is 0 Å². The number of anilines is 1. The molecule has 90 valence electrons. The van der Waals surface area contributed by atoms with Crippen LogP contribution in [0.15, 0.2) is 16.7 Å². The number of hydrogen-bond donors (Lipinski definition) is 1. The molecule has 1 N–H and O–H groups in total. The Kier molecular flexibility index (Phi) is 3.69. The molecule has 0 atom stereocenters. The van der Waals surface area contributed by atoms with E-state index in [0.717, 1.165) is 17.6 Å². The van der Waals surface area contributed by atoms with Crippen LogP contribution in [-0.2, 0) is 0 Å². The van der Waals surface area contributed by atoms with E-state index in [4.69, 9.17) is 16.3 Å². The highest BCUT2D eigenvalue weighted by Crippen LogP contribution is 2.30. The van der Waals surface area contributed by atoms with Crippen LogP contribution in [0.3, 0.4) is 0 Å². The van der Waals surface area contributed by atoms with Crippen LogP contribution < -0.4 is 10.1 Å². The summed E-state index contributed by atoms with van der Waals surface area (Å²) >= 11 is 9.40. The van der Waals surface area contributed by atoms with Crippen molar-refractivity contribution in [1.29, 1.82) is 0 Å². The zero-order chi connectivity index (χ0) is 12.4. The van der Waals surface area contributed by atoms with Gasteiger partial charge in [-0.1, -0.05) is 11.6 Å². The predicted octanol–water partition coefficient (Wildman–Crippen LogP) is 3.49. The first-order valence-electron chi connectivity index (χ1n) is 5.10. The maximum Gasteiger partial charge on any atom is 0.159 e. The highest BCUT2D eigenvalue weighted by atomic mass is 79.9. The molecule has 0 aliphatic rings. The molecule has 0 saturated heterocycles. The van der Waals surface area contributed by atoms with Crippen LogP contribution in [0.25, 0.3) is 11.0 Å². The Balaban J connectivity index is 2.62. The van der Waals surface area contributed by atoms with Gasteiger partial charge in [-0.25, -0.2) is 9.97 Å². The molecule has 1 heterocycles. The van der Waals surface area contributed by atoms with Crippen molar-refractivity contribution in [2.45, 2.75) is 6.92 Å². The zero-order valence-corrected chi connectivity index (χ0v) is 11.8. The van der Waals surface area contributed by atoms with Crippen LogP contribution in [0, 0.1) is 0 Å². The van der Waals surface area contributed by atoms with E-state index in [2.05, 4.69) is 31.2 Å².